The van der Waals surface area contributed by atoms with E-state index in [4.69, 9.17) is 9.72 Å². The zero-order valence-corrected chi connectivity index (χ0v) is 18.8. The van der Waals surface area contributed by atoms with Crippen LogP contribution in [-0.4, -0.2) is 36.3 Å². The molecule has 7 nitrogen and oxygen atoms in total. The van der Waals surface area contributed by atoms with Gasteiger partial charge in [-0.3, -0.25) is 4.98 Å². The Morgan fingerprint density at radius 1 is 1.09 bits per heavy atom. The zero-order valence-electron chi connectivity index (χ0n) is 18.8. The van der Waals surface area contributed by atoms with Gasteiger partial charge in [-0.2, -0.15) is 5.21 Å². The van der Waals surface area contributed by atoms with E-state index in [-0.39, 0.29) is 6.10 Å². The van der Waals surface area contributed by atoms with E-state index in [0.29, 0.717) is 12.4 Å². The molecule has 3 aromatic heterocycles. The third-order valence-corrected chi connectivity index (χ3v) is 6.33. The lowest BCUT2D eigenvalue weighted by Crippen LogP contribution is -2.18. The van der Waals surface area contributed by atoms with Gasteiger partial charge >= 0.3 is 0 Å². The lowest BCUT2D eigenvalue weighted by molar-refractivity contribution is 0.0699. The molecule has 34 heavy (non-hydrogen) atoms. The van der Waals surface area contributed by atoms with Gasteiger partial charge in [0.25, 0.3) is 0 Å². The predicted octanol–water partition coefficient (Wildman–Crippen LogP) is 4.50. The van der Waals surface area contributed by atoms with Crippen LogP contribution in [-0.2, 0) is 31.2 Å². The first-order chi connectivity index (χ1) is 16.7. The molecule has 0 bridgehead atoms. The fourth-order valence-electron chi connectivity index (χ4n) is 4.65. The number of pyridine rings is 1. The second-order valence-corrected chi connectivity index (χ2v) is 8.65. The van der Waals surface area contributed by atoms with Crippen LogP contribution >= 0.6 is 0 Å². The quantitative estimate of drug-likeness (QED) is 0.414. The van der Waals surface area contributed by atoms with Crippen molar-refractivity contribution in [3.8, 4) is 11.4 Å². The summed E-state index contributed by atoms with van der Waals surface area (Å²) in [5.41, 5.74) is 8.01. The average molecular weight is 449 g/mol. The Kier molecular flexibility index (Phi) is 5.24. The minimum absolute atomic E-state index is 0.0209. The van der Waals surface area contributed by atoms with E-state index in [9.17, 15) is 0 Å². The summed E-state index contributed by atoms with van der Waals surface area (Å²) in [6, 6.07) is 20.6. The van der Waals surface area contributed by atoms with E-state index in [0.717, 1.165) is 35.0 Å². The summed E-state index contributed by atoms with van der Waals surface area (Å²) in [6.07, 6.45) is 8.26. The number of H-pyrrole nitrogens is 1. The first kappa shape index (κ1) is 20.5. The third kappa shape index (κ3) is 4.02. The van der Waals surface area contributed by atoms with Crippen molar-refractivity contribution in [2.75, 3.05) is 0 Å². The molecule has 168 valence electrons. The number of tetrazole rings is 1. The molecule has 3 heterocycles. The minimum atomic E-state index is 0.0209. The molecule has 0 spiro atoms. The van der Waals surface area contributed by atoms with Crippen molar-refractivity contribution in [1.82, 2.24) is 30.2 Å². The predicted molar refractivity (Wildman–Crippen MR) is 131 cm³/mol. The first-order valence-electron chi connectivity index (χ1n) is 11.4. The van der Waals surface area contributed by atoms with Crippen LogP contribution in [0.15, 0.2) is 72.9 Å². The number of hydrogen-bond donors (Lipinski definition) is 1. The fraction of sp³-hybridized carbons (Fsp3) is 0.185. The van der Waals surface area contributed by atoms with Crippen molar-refractivity contribution in [2.45, 2.75) is 25.6 Å². The van der Waals surface area contributed by atoms with Gasteiger partial charge in [0.2, 0.25) is 5.82 Å². The molecule has 5 aromatic rings. The SMILES string of the molecule is Cn1cc(Cc2cccc(-c3nn[nH]n3)c2)c2c1C=CC(OCc1ccc3ccccc3n1)C2. The number of nitrogens with one attached hydrogen (secondary N) is 1. The molecular weight excluding hydrogens is 424 g/mol. The van der Waals surface area contributed by atoms with Gasteiger partial charge in [0.1, 0.15) is 0 Å². The summed E-state index contributed by atoms with van der Waals surface area (Å²) in [7, 11) is 2.10. The average Bonchev–Trinajstić information content (AvgIpc) is 3.52. The van der Waals surface area contributed by atoms with Crippen molar-refractivity contribution in [3.63, 3.8) is 0 Å². The molecule has 7 heteroatoms. The molecule has 0 fully saturated rings. The van der Waals surface area contributed by atoms with E-state index in [1.165, 1.54) is 22.4 Å². The lowest BCUT2D eigenvalue weighted by atomic mass is 9.94. The monoisotopic (exact) mass is 448 g/mol. The molecule has 0 saturated heterocycles. The summed E-state index contributed by atoms with van der Waals surface area (Å²) in [5.74, 6) is 0.607. The van der Waals surface area contributed by atoms with E-state index in [1.807, 2.05) is 36.4 Å². The highest BCUT2D eigenvalue weighted by Crippen LogP contribution is 2.29. The van der Waals surface area contributed by atoms with Crippen molar-refractivity contribution < 1.29 is 4.74 Å². The Balaban J connectivity index is 1.18. The van der Waals surface area contributed by atoms with E-state index >= 15 is 0 Å². The fourth-order valence-corrected chi connectivity index (χ4v) is 4.65. The number of para-hydroxylation sites is 1. The minimum Gasteiger partial charge on any atom is -0.368 e. The molecule has 2 aromatic carbocycles. The molecule has 0 aliphatic heterocycles. The molecule has 1 aliphatic carbocycles. The Bertz CT molecular complexity index is 1480. The highest BCUT2D eigenvalue weighted by molar-refractivity contribution is 5.78. The van der Waals surface area contributed by atoms with Crippen molar-refractivity contribution in [2.24, 2.45) is 7.05 Å². The number of nitrogens with zero attached hydrogens (tertiary/aromatic N) is 5. The van der Waals surface area contributed by atoms with Gasteiger partial charge in [0.05, 0.1) is 23.9 Å². The Labute approximate surface area is 197 Å². The van der Waals surface area contributed by atoms with Gasteiger partial charge < -0.3 is 9.30 Å². The lowest BCUT2D eigenvalue weighted by Gasteiger charge is -2.20. The number of aryl methyl sites for hydroxylation is 1. The Morgan fingerprint density at radius 2 is 2.03 bits per heavy atom. The van der Waals surface area contributed by atoms with Crippen molar-refractivity contribution in [1.29, 1.82) is 0 Å². The summed E-state index contributed by atoms with van der Waals surface area (Å²) < 4.78 is 8.47. The summed E-state index contributed by atoms with van der Waals surface area (Å²) >= 11 is 0. The standard InChI is InChI=1S/C27H24N6O/c1-33-16-21(14-18-5-4-7-20(13-18)27-29-31-32-30-27)24-15-23(11-12-26(24)33)34-17-22-10-9-19-6-2-3-8-25(19)28-22/h2-13,16,23H,14-15,17H2,1H3,(H,29,30,31,32). The van der Waals surface area contributed by atoms with Crippen LogP contribution in [0, 0.1) is 0 Å². The molecular formula is C27H24N6O. The molecule has 1 aliphatic rings. The van der Waals surface area contributed by atoms with E-state index < -0.39 is 0 Å². The zero-order chi connectivity index (χ0) is 22.9. The van der Waals surface area contributed by atoms with Crippen LogP contribution in [0.5, 0.6) is 0 Å². The second-order valence-electron chi connectivity index (χ2n) is 8.65. The van der Waals surface area contributed by atoms with Crippen LogP contribution in [0.2, 0.25) is 0 Å². The van der Waals surface area contributed by atoms with E-state index in [2.05, 4.69) is 74.9 Å². The van der Waals surface area contributed by atoms with Gasteiger partial charge in [-0.05, 0) is 52.6 Å². The molecule has 0 amide bonds. The second kappa shape index (κ2) is 8.68. The topological polar surface area (TPSA) is 81.5 Å². The summed E-state index contributed by atoms with van der Waals surface area (Å²) in [4.78, 5) is 4.74. The molecule has 1 unspecified atom stereocenters. The molecule has 6 rings (SSSR count). The maximum Gasteiger partial charge on any atom is 0.204 e. The largest absolute Gasteiger partial charge is 0.368 e. The van der Waals surface area contributed by atoms with Gasteiger partial charge in [-0.1, -0.05) is 48.5 Å². The smallest absolute Gasteiger partial charge is 0.204 e. The van der Waals surface area contributed by atoms with Crippen LogP contribution in [0.3, 0.4) is 0 Å². The van der Waals surface area contributed by atoms with E-state index in [1.54, 1.807) is 0 Å². The van der Waals surface area contributed by atoms with Gasteiger partial charge in [0, 0.05) is 36.3 Å². The van der Waals surface area contributed by atoms with Crippen LogP contribution in [0.4, 0.5) is 0 Å². The Morgan fingerprint density at radius 3 is 2.94 bits per heavy atom. The third-order valence-electron chi connectivity index (χ3n) is 6.33. The van der Waals surface area contributed by atoms with Gasteiger partial charge in [0.15, 0.2) is 0 Å². The number of aromatic nitrogens is 6. The number of fused-ring (bicyclic) bond motifs is 2. The Hall–Kier alpha value is -4.10. The number of rotatable bonds is 6. The summed E-state index contributed by atoms with van der Waals surface area (Å²) in [6.45, 7) is 0.490. The maximum atomic E-state index is 6.27. The van der Waals surface area contributed by atoms with Crippen molar-refractivity contribution >= 4 is 17.0 Å². The highest BCUT2D eigenvalue weighted by atomic mass is 16.5. The molecule has 0 radical (unpaired) electrons. The number of benzene rings is 2. The number of aromatic amines is 1. The summed E-state index contributed by atoms with van der Waals surface area (Å²) in [5, 5.41) is 15.5. The first-order valence-corrected chi connectivity index (χ1v) is 11.4. The van der Waals surface area contributed by atoms with Crippen LogP contribution < -0.4 is 0 Å². The van der Waals surface area contributed by atoms with Crippen LogP contribution in [0.25, 0.3) is 28.4 Å². The maximum absolute atomic E-state index is 6.27. The number of ether oxygens (including phenoxy) is 1. The molecule has 1 N–H and O–H groups in total. The molecule has 1 atom stereocenters. The number of hydrogen-bond acceptors (Lipinski definition) is 5. The normalized spacial score (nSPS) is 15.0. The highest BCUT2D eigenvalue weighted by Gasteiger charge is 2.21. The molecule has 0 saturated carbocycles. The van der Waals surface area contributed by atoms with Gasteiger partial charge in [-0.15, -0.1) is 10.2 Å². The van der Waals surface area contributed by atoms with Crippen LogP contribution in [0.1, 0.15) is 28.1 Å². The van der Waals surface area contributed by atoms with Crippen molar-refractivity contribution in [3.05, 3.63) is 101 Å². The van der Waals surface area contributed by atoms with Gasteiger partial charge in [-0.25, -0.2) is 0 Å².